The predicted octanol–water partition coefficient (Wildman–Crippen LogP) is 3.70. The molecule has 2 aromatic rings. The number of thiazole rings is 1. The number of aryl methyl sites for hydroxylation is 2. The van der Waals surface area contributed by atoms with Gasteiger partial charge in [-0.15, -0.1) is 22.9 Å². The van der Waals surface area contributed by atoms with E-state index in [1.54, 1.807) is 0 Å². The molecule has 2 rings (SSSR count). The highest BCUT2D eigenvalue weighted by Crippen LogP contribution is 2.28. The third-order valence-corrected chi connectivity index (χ3v) is 4.07. The SMILES string of the molecule is O=c1ccc(C(F)(F)F)cn1CCCc1nc(CCl)cs1. The number of halogens is 4. The summed E-state index contributed by atoms with van der Waals surface area (Å²) in [4.78, 5) is 15.8. The summed E-state index contributed by atoms with van der Waals surface area (Å²) in [6.45, 7) is 0.221. The molecule has 0 unspecified atom stereocenters. The molecular formula is C13H12ClF3N2OS. The van der Waals surface area contributed by atoms with E-state index in [1.807, 2.05) is 5.38 Å². The molecule has 3 nitrogen and oxygen atoms in total. The number of hydrogen-bond donors (Lipinski definition) is 0. The van der Waals surface area contributed by atoms with Crippen molar-refractivity contribution in [2.24, 2.45) is 0 Å². The predicted molar refractivity (Wildman–Crippen MR) is 75.7 cm³/mol. The number of hydrogen-bond acceptors (Lipinski definition) is 3. The molecule has 114 valence electrons. The molecular weight excluding hydrogens is 325 g/mol. The Hall–Kier alpha value is -1.34. The van der Waals surface area contributed by atoms with Crippen molar-refractivity contribution >= 4 is 22.9 Å². The monoisotopic (exact) mass is 336 g/mol. The largest absolute Gasteiger partial charge is 0.417 e. The van der Waals surface area contributed by atoms with Crippen molar-refractivity contribution in [3.8, 4) is 0 Å². The highest BCUT2D eigenvalue weighted by molar-refractivity contribution is 7.09. The van der Waals surface area contributed by atoms with Gasteiger partial charge in [0.2, 0.25) is 0 Å². The second kappa shape index (κ2) is 6.62. The molecule has 2 aromatic heterocycles. The first-order chi connectivity index (χ1) is 9.90. The van der Waals surface area contributed by atoms with Gasteiger partial charge in [0.05, 0.1) is 22.1 Å². The van der Waals surface area contributed by atoms with Crippen molar-refractivity contribution in [1.82, 2.24) is 9.55 Å². The molecule has 0 spiro atoms. The number of rotatable bonds is 5. The molecule has 0 N–H and O–H groups in total. The summed E-state index contributed by atoms with van der Waals surface area (Å²) in [6.07, 6.45) is -2.45. The van der Waals surface area contributed by atoms with Crippen LogP contribution in [0.4, 0.5) is 13.2 Å². The molecule has 21 heavy (non-hydrogen) atoms. The minimum atomic E-state index is -4.44. The van der Waals surface area contributed by atoms with Crippen molar-refractivity contribution in [3.63, 3.8) is 0 Å². The fraction of sp³-hybridized carbons (Fsp3) is 0.385. The highest BCUT2D eigenvalue weighted by atomic mass is 35.5. The third-order valence-electron chi connectivity index (χ3n) is 2.84. The Bertz CT molecular complexity index is 666. The van der Waals surface area contributed by atoms with E-state index in [1.165, 1.54) is 11.3 Å². The molecule has 0 amide bonds. The van der Waals surface area contributed by atoms with E-state index in [2.05, 4.69) is 4.98 Å². The highest BCUT2D eigenvalue weighted by Gasteiger charge is 2.30. The zero-order valence-electron chi connectivity index (χ0n) is 10.9. The molecule has 0 fully saturated rings. The average molecular weight is 337 g/mol. The molecule has 0 saturated heterocycles. The first-order valence-corrected chi connectivity index (χ1v) is 7.58. The fourth-order valence-electron chi connectivity index (χ4n) is 1.80. The van der Waals surface area contributed by atoms with Gasteiger partial charge < -0.3 is 4.57 Å². The lowest BCUT2D eigenvalue weighted by molar-refractivity contribution is -0.138. The van der Waals surface area contributed by atoms with Crippen LogP contribution in [0.3, 0.4) is 0 Å². The number of pyridine rings is 1. The van der Waals surface area contributed by atoms with Crippen LogP contribution in [-0.2, 0) is 25.0 Å². The zero-order valence-corrected chi connectivity index (χ0v) is 12.4. The van der Waals surface area contributed by atoms with Crippen LogP contribution in [0.2, 0.25) is 0 Å². The molecule has 0 aromatic carbocycles. The van der Waals surface area contributed by atoms with Crippen molar-refractivity contribution in [2.45, 2.75) is 31.4 Å². The molecule has 0 atom stereocenters. The molecule has 2 heterocycles. The minimum Gasteiger partial charge on any atom is -0.315 e. The zero-order chi connectivity index (χ0) is 15.5. The maximum atomic E-state index is 12.6. The first-order valence-electron chi connectivity index (χ1n) is 6.17. The van der Waals surface area contributed by atoms with Gasteiger partial charge in [0.15, 0.2) is 0 Å². The van der Waals surface area contributed by atoms with Gasteiger partial charge in [-0.05, 0) is 12.5 Å². The Balaban J connectivity index is 2.01. The lowest BCUT2D eigenvalue weighted by atomic mass is 10.2. The van der Waals surface area contributed by atoms with E-state index in [9.17, 15) is 18.0 Å². The van der Waals surface area contributed by atoms with E-state index in [-0.39, 0.29) is 6.54 Å². The van der Waals surface area contributed by atoms with Crippen LogP contribution in [0, 0.1) is 0 Å². The summed E-state index contributed by atoms with van der Waals surface area (Å²) in [5, 5.41) is 2.71. The van der Waals surface area contributed by atoms with Crippen LogP contribution in [0.25, 0.3) is 0 Å². The van der Waals surface area contributed by atoms with Crippen molar-refractivity contribution < 1.29 is 13.2 Å². The van der Waals surface area contributed by atoms with E-state index >= 15 is 0 Å². The van der Waals surface area contributed by atoms with Gasteiger partial charge in [0.1, 0.15) is 0 Å². The normalized spacial score (nSPS) is 11.8. The van der Waals surface area contributed by atoms with Gasteiger partial charge in [-0.1, -0.05) is 0 Å². The summed E-state index contributed by atoms with van der Waals surface area (Å²) in [7, 11) is 0. The molecule has 0 saturated carbocycles. The number of nitrogens with zero attached hydrogens (tertiary/aromatic N) is 2. The van der Waals surface area contributed by atoms with Crippen LogP contribution >= 0.6 is 22.9 Å². The summed E-state index contributed by atoms with van der Waals surface area (Å²) >= 11 is 7.10. The summed E-state index contributed by atoms with van der Waals surface area (Å²) in [6, 6.07) is 1.74. The summed E-state index contributed by atoms with van der Waals surface area (Å²) in [5.74, 6) is 0.337. The van der Waals surface area contributed by atoms with Crippen LogP contribution in [0.1, 0.15) is 22.7 Å². The lowest BCUT2D eigenvalue weighted by Crippen LogP contribution is -2.21. The summed E-state index contributed by atoms with van der Waals surface area (Å²) < 4.78 is 38.9. The molecule has 0 aliphatic heterocycles. The van der Waals surface area contributed by atoms with Crippen molar-refractivity contribution in [1.29, 1.82) is 0 Å². The fourth-order valence-corrected chi connectivity index (χ4v) is 2.87. The topological polar surface area (TPSA) is 34.9 Å². The van der Waals surface area contributed by atoms with E-state index in [4.69, 9.17) is 11.6 Å². The van der Waals surface area contributed by atoms with E-state index in [0.29, 0.717) is 18.7 Å². The Kier molecular flexibility index (Phi) is 5.05. The lowest BCUT2D eigenvalue weighted by Gasteiger charge is -2.10. The number of alkyl halides is 4. The summed E-state index contributed by atoms with van der Waals surface area (Å²) in [5.41, 5.74) is -0.475. The van der Waals surface area contributed by atoms with Crippen molar-refractivity contribution in [2.75, 3.05) is 0 Å². The van der Waals surface area contributed by atoms with Gasteiger partial charge in [-0.25, -0.2) is 4.98 Å². The van der Waals surface area contributed by atoms with E-state index < -0.39 is 17.3 Å². The minimum absolute atomic E-state index is 0.221. The van der Waals surface area contributed by atoms with Crippen LogP contribution < -0.4 is 5.56 Å². The molecule has 0 radical (unpaired) electrons. The standard InChI is InChI=1S/C13H12ClF3N2OS/c14-6-10-8-21-11(18-10)2-1-5-19-7-9(13(15,16)17)3-4-12(19)20/h3-4,7-8H,1-2,5-6H2. The molecule has 0 bridgehead atoms. The molecule has 0 aliphatic rings. The Morgan fingerprint density at radius 1 is 1.33 bits per heavy atom. The van der Waals surface area contributed by atoms with Crippen LogP contribution in [0.5, 0.6) is 0 Å². The molecule has 0 aliphatic carbocycles. The average Bonchev–Trinajstić information content (AvgIpc) is 2.87. The smallest absolute Gasteiger partial charge is 0.315 e. The van der Waals surface area contributed by atoms with Crippen molar-refractivity contribution in [3.05, 3.63) is 50.3 Å². The van der Waals surface area contributed by atoms with Crippen LogP contribution in [-0.4, -0.2) is 9.55 Å². The quantitative estimate of drug-likeness (QED) is 0.780. The molecule has 8 heteroatoms. The Morgan fingerprint density at radius 2 is 2.10 bits per heavy atom. The van der Waals surface area contributed by atoms with E-state index in [0.717, 1.165) is 33.6 Å². The van der Waals surface area contributed by atoms with Gasteiger partial charge in [0, 0.05) is 30.6 Å². The van der Waals surface area contributed by atoms with Gasteiger partial charge >= 0.3 is 6.18 Å². The maximum absolute atomic E-state index is 12.6. The van der Waals surface area contributed by atoms with Gasteiger partial charge in [-0.2, -0.15) is 13.2 Å². The van der Waals surface area contributed by atoms with Gasteiger partial charge in [-0.3, -0.25) is 4.79 Å². The Morgan fingerprint density at radius 3 is 2.71 bits per heavy atom. The Labute approximate surface area is 128 Å². The second-order valence-electron chi connectivity index (χ2n) is 4.42. The van der Waals surface area contributed by atoms with Crippen LogP contribution in [0.15, 0.2) is 28.5 Å². The second-order valence-corrected chi connectivity index (χ2v) is 5.63. The number of aromatic nitrogens is 2. The van der Waals surface area contributed by atoms with Gasteiger partial charge in [0.25, 0.3) is 5.56 Å². The maximum Gasteiger partial charge on any atom is 0.417 e. The third kappa shape index (κ3) is 4.31. The first kappa shape index (κ1) is 16.0.